The van der Waals surface area contributed by atoms with Gasteiger partial charge in [0, 0.05) is 18.9 Å². The molecular weight excluding hydrogens is 344 g/mol. The average molecular weight is 365 g/mol. The molecule has 1 unspecified atom stereocenters. The van der Waals surface area contributed by atoms with Gasteiger partial charge in [0.05, 0.1) is 6.20 Å². The molecule has 140 valence electrons. The summed E-state index contributed by atoms with van der Waals surface area (Å²) in [6.07, 6.45) is 1.98. The van der Waals surface area contributed by atoms with Crippen LogP contribution in [-0.4, -0.2) is 40.2 Å². The number of aliphatic hydroxyl groups is 1. The SMILES string of the molecule is CC(C)c1ccccc1OCC(O)CNC(=O)C(F)(F)c1cnccn1. The van der Waals surface area contributed by atoms with Gasteiger partial charge in [-0.05, 0) is 17.5 Å². The number of amides is 1. The van der Waals surface area contributed by atoms with E-state index in [4.69, 9.17) is 4.74 Å². The zero-order chi connectivity index (χ0) is 19.2. The summed E-state index contributed by atoms with van der Waals surface area (Å²) in [5, 5.41) is 11.9. The van der Waals surface area contributed by atoms with Gasteiger partial charge in [0.1, 0.15) is 24.2 Å². The van der Waals surface area contributed by atoms with Crippen molar-refractivity contribution in [3.05, 3.63) is 54.1 Å². The number of nitrogens with zero attached hydrogens (tertiary/aromatic N) is 2. The number of ether oxygens (including phenoxy) is 1. The van der Waals surface area contributed by atoms with Gasteiger partial charge in [-0.1, -0.05) is 32.0 Å². The number of nitrogens with one attached hydrogen (secondary N) is 1. The van der Waals surface area contributed by atoms with Gasteiger partial charge in [-0.2, -0.15) is 8.78 Å². The molecule has 26 heavy (non-hydrogen) atoms. The molecule has 0 spiro atoms. The largest absolute Gasteiger partial charge is 0.491 e. The van der Waals surface area contributed by atoms with Gasteiger partial charge >= 0.3 is 5.92 Å². The standard InChI is InChI=1S/C18H21F2N3O3/c1-12(2)14-5-3-4-6-15(14)26-11-13(24)9-23-17(25)18(19,20)16-10-21-7-8-22-16/h3-8,10,12-13,24H,9,11H2,1-2H3,(H,23,25). The molecule has 2 N–H and O–H groups in total. The molecular formula is C18H21F2N3O3. The maximum Gasteiger partial charge on any atom is 0.367 e. The molecule has 0 aliphatic carbocycles. The van der Waals surface area contributed by atoms with Crippen LogP contribution in [0.4, 0.5) is 8.78 Å². The van der Waals surface area contributed by atoms with Crippen LogP contribution in [0.5, 0.6) is 5.75 Å². The third-order valence-corrected chi connectivity index (χ3v) is 3.64. The Bertz CT molecular complexity index is 727. The smallest absolute Gasteiger partial charge is 0.367 e. The molecule has 2 aromatic rings. The molecule has 2 rings (SSSR count). The molecule has 0 fully saturated rings. The maximum atomic E-state index is 14.0. The van der Waals surface area contributed by atoms with Gasteiger partial charge in [-0.3, -0.25) is 14.8 Å². The number of hydrogen-bond acceptors (Lipinski definition) is 5. The first kappa shape index (κ1) is 19.7. The molecule has 8 heteroatoms. The van der Waals surface area contributed by atoms with E-state index in [0.29, 0.717) is 5.75 Å². The van der Waals surface area contributed by atoms with Crippen molar-refractivity contribution in [1.82, 2.24) is 15.3 Å². The first-order valence-corrected chi connectivity index (χ1v) is 8.14. The Morgan fingerprint density at radius 1 is 1.31 bits per heavy atom. The van der Waals surface area contributed by atoms with Crippen LogP contribution in [-0.2, 0) is 10.7 Å². The van der Waals surface area contributed by atoms with E-state index in [1.807, 2.05) is 31.3 Å². The van der Waals surface area contributed by atoms with Gasteiger partial charge in [-0.25, -0.2) is 0 Å². The number of aromatic nitrogens is 2. The molecule has 0 saturated heterocycles. The van der Waals surface area contributed by atoms with E-state index in [1.165, 1.54) is 6.20 Å². The lowest BCUT2D eigenvalue weighted by atomic mass is 10.0. The summed E-state index contributed by atoms with van der Waals surface area (Å²) in [5.74, 6) is -4.55. The molecule has 1 atom stereocenters. The zero-order valence-corrected chi connectivity index (χ0v) is 14.5. The average Bonchev–Trinajstić information content (AvgIpc) is 2.65. The van der Waals surface area contributed by atoms with E-state index in [1.54, 1.807) is 12.1 Å². The summed E-state index contributed by atoms with van der Waals surface area (Å²) in [6, 6.07) is 7.36. The van der Waals surface area contributed by atoms with E-state index >= 15 is 0 Å². The maximum absolute atomic E-state index is 14.0. The summed E-state index contributed by atoms with van der Waals surface area (Å²) in [6.45, 7) is 3.50. The van der Waals surface area contributed by atoms with E-state index in [9.17, 15) is 18.7 Å². The molecule has 1 amide bonds. The molecule has 0 aliphatic rings. The summed E-state index contributed by atoms with van der Waals surface area (Å²) in [4.78, 5) is 18.7. The number of para-hydroxylation sites is 1. The van der Waals surface area contributed by atoms with Crippen molar-refractivity contribution in [2.24, 2.45) is 0 Å². The second kappa shape index (κ2) is 8.66. The molecule has 1 aromatic carbocycles. The molecule has 0 saturated carbocycles. The zero-order valence-electron chi connectivity index (χ0n) is 14.5. The Morgan fingerprint density at radius 2 is 2.04 bits per heavy atom. The van der Waals surface area contributed by atoms with Crippen LogP contribution in [0, 0.1) is 0 Å². The van der Waals surface area contributed by atoms with Crippen LogP contribution in [0.25, 0.3) is 0 Å². The highest BCUT2D eigenvalue weighted by molar-refractivity contribution is 5.84. The van der Waals surface area contributed by atoms with Crippen molar-refractivity contribution in [2.45, 2.75) is 31.8 Å². The van der Waals surface area contributed by atoms with Crippen LogP contribution in [0.3, 0.4) is 0 Å². The van der Waals surface area contributed by atoms with Crippen molar-refractivity contribution in [3.63, 3.8) is 0 Å². The Morgan fingerprint density at radius 3 is 2.69 bits per heavy atom. The highest BCUT2D eigenvalue weighted by Gasteiger charge is 2.42. The lowest BCUT2D eigenvalue weighted by Gasteiger charge is -2.18. The Hall–Kier alpha value is -2.61. The predicted octanol–water partition coefficient (Wildman–Crippen LogP) is 2.25. The number of carbonyl (C=O) groups excluding carboxylic acids is 1. The Kier molecular flexibility index (Phi) is 6.57. The highest BCUT2D eigenvalue weighted by Crippen LogP contribution is 2.26. The fourth-order valence-corrected chi connectivity index (χ4v) is 2.23. The van der Waals surface area contributed by atoms with Crippen molar-refractivity contribution >= 4 is 5.91 Å². The summed E-state index contributed by atoms with van der Waals surface area (Å²) in [7, 11) is 0. The number of hydrogen-bond donors (Lipinski definition) is 2. The van der Waals surface area contributed by atoms with Crippen molar-refractivity contribution in [3.8, 4) is 5.75 Å². The third-order valence-electron chi connectivity index (χ3n) is 3.64. The second-order valence-electron chi connectivity index (χ2n) is 6.03. The minimum absolute atomic E-state index is 0.138. The minimum Gasteiger partial charge on any atom is -0.491 e. The van der Waals surface area contributed by atoms with Gasteiger partial charge in [-0.15, -0.1) is 0 Å². The number of rotatable bonds is 8. The minimum atomic E-state index is -3.83. The number of benzene rings is 1. The fraction of sp³-hybridized carbons (Fsp3) is 0.389. The van der Waals surface area contributed by atoms with Crippen molar-refractivity contribution < 1.29 is 23.4 Å². The molecule has 1 aromatic heterocycles. The van der Waals surface area contributed by atoms with Gasteiger partial charge in [0.15, 0.2) is 0 Å². The Labute approximate surface area is 150 Å². The number of alkyl halides is 2. The number of aliphatic hydroxyl groups excluding tert-OH is 1. The summed E-state index contributed by atoms with van der Waals surface area (Å²) < 4.78 is 33.5. The topological polar surface area (TPSA) is 84.3 Å². The van der Waals surface area contributed by atoms with E-state index < -0.39 is 23.6 Å². The second-order valence-corrected chi connectivity index (χ2v) is 6.03. The van der Waals surface area contributed by atoms with Gasteiger partial charge in [0.25, 0.3) is 5.91 Å². The van der Waals surface area contributed by atoms with E-state index in [2.05, 4.69) is 9.97 Å². The molecule has 0 aliphatic heterocycles. The van der Waals surface area contributed by atoms with Crippen molar-refractivity contribution in [1.29, 1.82) is 0 Å². The van der Waals surface area contributed by atoms with E-state index in [-0.39, 0.29) is 19.1 Å². The van der Waals surface area contributed by atoms with Crippen molar-refractivity contribution in [2.75, 3.05) is 13.2 Å². The lowest BCUT2D eigenvalue weighted by molar-refractivity contribution is -0.148. The summed E-state index contributed by atoms with van der Waals surface area (Å²) >= 11 is 0. The van der Waals surface area contributed by atoms with Gasteiger partial charge < -0.3 is 15.2 Å². The normalized spacial score (nSPS) is 12.7. The Balaban J connectivity index is 1.87. The van der Waals surface area contributed by atoms with Crippen LogP contribution >= 0.6 is 0 Å². The van der Waals surface area contributed by atoms with Crippen LogP contribution in [0.15, 0.2) is 42.9 Å². The van der Waals surface area contributed by atoms with Crippen LogP contribution < -0.4 is 10.1 Å². The van der Waals surface area contributed by atoms with E-state index in [0.717, 1.165) is 18.0 Å². The molecule has 0 bridgehead atoms. The molecule has 0 radical (unpaired) electrons. The number of carbonyl (C=O) groups is 1. The monoisotopic (exact) mass is 365 g/mol. The quantitative estimate of drug-likeness (QED) is 0.750. The number of halogens is 2. The molecule has 1 heterocycles. The van der Waals surface area contributed by atoms with Gasteiger partial charge in [0.2, 0.25) is 0 Å². The predicted molar refractivity (Wildman–Crippen MR) is 91.0 cm³/mol. The van der Waals surface area contributed by atoms with Crippen LogP contribution in [0.2, 0.25) is 0 Å². The fourth-order valence-electron chi connectivity index (χ4n) is 2.23. The first-order valence-electron chi connectivity index (χ1n) is 8.14. The highest BCUT2D eigenvalue weighted by atomic mass is 19.3. The molecule has 6 nitrogen and oxygen atoms in total. The lowest BCUT2D eigenvalue weighted by Crippen LogP contribution is -2.43. The first-order chi connectivity index (χ1) is 12.3. The third kappa shape index (κ3) is 4.95. The summed E-state index contributed by atoms with van der Waals surface area (Å²) in [5.41, 5.74) is 0.215. The van der Waals surface area contributed by atoms with Crippen LogP contribution in [0.1, 0.15) is 31.0 Å².